The van der Waals surface area contributed by atoms with E-state index in [9.17, 15) is 4.79 Å². The van der Waals surface area contributed by atoms with Gasteiger partial charge in [-0.3, -0.25) is 4.79 Å². The molecule has 1 N–H and O–H groups in total. The van der Waals surface area contributed by atoms with Crippen LogP contribution in [0, 0.1) is 0 Å². The smallest absolute Gasteiger partial charge is 0.253 e. The molecule has 0 radical (unpaired) electrons. The van der Waals surface area contributed by atoms with Gasteiger partial charge in [0.1, 0.15) is 0 Å². The first kappa shape index (κ1) is 18.2. The van der Waals surface area contributed by atoms with Crippen LogP contribution >= 0.6 is 15.9 Å². The molecule has 140 valence electrons. The lowest BCUT2D eigenvalue weighted by Gasteiger charge is -2.35. The number of nitrogens with zero attached hydrogens (tertiary/aromatic N) is 2. The third kappa shape index (κ3) is 3.77. The number of hydrogen-bond acceptors (Lipinski definition) is 4. The Morgan fingerprint density at radius 1 is 1.15 bits per heavy atom. The zero-order valence-corrected chi connectivity index (χ0v) is 16.8. The summed E-state index contributed by atoms with van der Waals surface area (Å²) in [7, 11) is 0. The number of amidine groups is 1. The van der Waals surface area contributed by atoms with Gasteiger partial charge in [-0.05, 0) is 36.2 Å². The highest BCUT2D eigenvalue weighted by atomic mass is 79.9. The Morgan fingerprint density at radius 2 is 1.81 bits per heavy atom. The van der Waals surface area contributed by atoms with E-state index in [1.54, 1.807) is 0 Å². The quantitative estimate of drug-likeness (QED) is 0.807. The molecule has 0 unspecified atom stereocenters. The van der Waals surface area contributed by atoms with Crippen LogP contribution in [-0.4, -0.2) is 35.5 Å². The average Bonchev–Trinajstić information content (AvgIpc) is 3.12. The summed E-state index contributed by atoms with van der Waals surface area (Å²) in [5, 5.41) is 0. The third-order valence-corrected chi connectivity index (χ3v) is 5.74. The van der Waals surface area contributed by atoms with E-state index in [0.29, 0.717) is 25.9 Å². The van der Waals surface area contributed by atoms with Crippen LogP contribution in [0.5, 0.6) is 0 Å². The largest absolute Gasteiger partial charge is 0.338 e. The molecule has 0 saturated carbocycles. The molecule has 4 rings (SSSR count). The second kappa shape index (κ2) is 7.44. The molecular weight excluding hydrogens is 406 g/mol. The Hall–Kier alpha value is -2.18. The highest BCUT2D eigenvalue weighted by molar-refractivity contribution is 9.10. The van der Waals surface area contributed by atoms with Gasteiger partial charge in [-0.25, -0.2) is 15.3 Å². The minimum absolute atomic E-state index is 0.0792. The van der Waals surface area contributed by atoms with Crippen LogP contribution in [0.1, 0.15) is 41.3 Å². The molecule has 6 heteroatoms. The van der Waals surface area contributed by atoms with E-state index < -0.39 is 5.72 Å². The lowest BCUT2D eigenvalue weighted by Crippen LogP contribution is -2.46. The topological polar surface area (TPSA) is 53.9 Å². The number of likely N-dealkylation sites (tertiary alicyclic amines) is 1. The molecule has 1 saturated heterocycles. The van der Waals surface area contributed by atoms with E-state index in [4.69, 9.17) is 9.83 Å². The van der Waals surface area contributed by atoms with Crippen molar-refractivity contribution in [3.05, 3.63) is 69.7 Å². The van der Waals surface area contributed by atoms with Gasteiger partial charge in [-0.15, -0.1) is 0 Å². The summed E-state index contributed by atoms with van der Waals surface area (Å²) in [6.07, 6.45) is 2.33. The Bertz CT molecular complexity index is 854. The number of amides is 1. The van der Waals surface area contributed by atoms with Gasteiger partial charge in [0.25, 0.3) is 5.91 Å². The number of hydrogen-bond donors (Lipinski definition) is 1. The molecule has 1 amide bonds. The fourth-order valence-corrected chi connectivity index (χ4v) is 3.73. The Morgan fingerprint density at radius 3 is 2.44 bits per heavy atom. The summed E-state index contributed by atoms with van der Waals surface area (Å²) in [5.74, 6) is 0.827. The highest BCUT2D eigenvalue weighted by Gasteiger charge is 2.41. The Labute approximate surface area is 167 Å². The van der Waals surface area contributed by atoms with E-state index in [-0.39, 0.29) is 5.91 Å². The molecule has 0 atom stereocenters. The summed E-state index contributed by atoms with van der Waals surface area (Å²) >= 11 is 3.44. The van der Waals surface area contributed by atoms with Gasteiger partial charge < -0.3 is 4.90 Å². The van der Waals surface area contributed by atoms with Crippen LogP contribution in [0.2, 0.25) is 0 Å². The maximum atomic E-state index is 12.7. The van der Waals surface area contributed by atoms with Crippen molar-refractivity contribution in [3.63, 3.8) is 0 Å². The molecule has 2 aromatic carbocycles. The molecule has 2 aliphatic heterocycles. The summed E-state index contributed by atoms with van der Waals surface area (Å²) in [6.45, 7) is 3.37. The molecule has 2 heterocycles. The highest BCUT2D eigenvalue weighted by Crippen LogP contribution is 2.31. The predicted molar refractivity (Wildman–Crippen MR) is 109 cm³/mol. The van der Waals surface area contributed by atoms with E-state index in [2.05, 4.69) is 28.3 Å². The fraction of sp³-hybridized carbons (Fsp3) is 0.333. The van der Waals surface area contributed by atoms with Gasteiger partial charge in [0.15, 0.2) is 11.6 Å². The third-order valence-electron chi connectivity index (χ3n) is 5.21. The molecular formula is C21H22BrN3O2. The van der Waals surface area contributed by atoms with E-state index >= 15 is 0 Å². The molecule has 5 nitrogen and oxygen atoms in total. The van der Waals surface area contributed by atoms with Crippen molar-refractivity contribution >= 4 is 27.7 Å². The van der Waals surface area contributed by atoms with Crippen LogP contribution in [0.4, 0.5) is 0 Å². The number of aliphatic imine (C=N–C) groups is 1. The number of piperidine rings is 1. The fourth-order valence-electron chi connectivity index (χ4n) is 3.46. The van der Waals surface area contributed by atoms with Crippen molar-refractivity contribution in [2.75, 3.05) is 13.1 Å². The number of carbonyl (C=O) groups excluding carboxylic acids is 1. The summed E-state index contributed by atoms with van der Waals surface area (Å²) in [4.78, 5) is 25.3. The normalized spacial score (nSPS) is 18.3. The molecule has 1 spiro atoms. The van der Waals surface area contributed by atoms with E-state index in [0.717, 1.165) is 27.9 Å². The first-order chi connectivity index (χ1) is 13.1. The van der Waals surface area contributed by atoms with Crippen molar-refractivity contribution in [2.45, 2.75) is 31.9 Å². The monoisotopic (exact) mass is 427 g/mol. The number of hydroxylamine groups is 1. The number of aryl methyl sites for hydroxylation is 1. The summed E-state index contributed by atoms with van der Waals surface area (Å²) in [5.41, 5.74) is 5.37. The minimum atomic E-state index is -0.578. The van der Waals surface area contributed by atoms with Gasteiger partial charge in [0.05, 0.1) is 0 Å². The average molecular weight is 428 g/mol. The molecule has 2 aliphatic rings. The van der Waals surface area contributed by atoms with Crippen LogP contribution in [0.3, 0.4) is 0 Å². The number of rotatable bonds is 3. The van der Waals surface area contributed by atoms with E-state index in [1.165, 1.54) is 5.56 Å². The van der Waals surface area contributed by atoms with Crippen molar-refractivity contribution in [1.29, 1.82) is 0 Å². The zero-order chi connectivity index (χ0) is 18.9. The Kier molecular flexibility index (Phi) is 5.02. The van der Waals surface area contributed by atoms with Crippen LogP contribution < -0.4 is 5.48 Å². The molecule has 0 aliphatic carbocycles. The van der Waals surface area contributed by atoms with Crippen LogP contribution in [-0.2, 0) is 11.3 Å². The summed E-state index contributed by atoms with van der Waals surface area (Å²) in [6, 6.07) is 15.8. The second-order valence-electron chi connectivity index (χ2n) is 6.96. The van der Waals surface area contributed by atoms with Crippen LogP contribution in [0.25, 0.3) is 0 Å². The molecule has 27 heavy (non-hydrogen) atoms. The zero-order valence-electron chi connectivity index (χ0n) is 15.2. The van der Waals surface area contributed by atoms with E-state index in [1.807, 2.05) is 53.4 Å². The summed E-state index contributed by atoms with van der Waals surface area (Å²) < 4.78 is 1.03. The molecule has 2 aromatic rings. The second-order valence-corrected chi connectivity index (χ2v) is 7.88. The SMILES string of the molecule is CCc1ccc(C(=O)N2CCC3(CC2)N=C(c2ccc(Br)cc2)NO3)cc1. The standard InChI is InChI=1S/C21H22BrN3O2/c1-2-15-3-5-17(6-4-15)20(26)25-13-11-21(12-14-25)23-19(24-27-21)16-7-9-18(22)10-8-16/h3-10H,2,11-14H2,1H3,(H,23,24). The predicted octanol–water partition coefficient (Wildman–Crippen LogP) is 3.93. The van der Waals surface area contributed by atoms with Gasteiger partial charge in [-0.2, -0.15) is 0 Å². The van der Waals surface area contributed by atoms with Crippen LogP contribution in [0.15, 0.2) is 58.0 Å². The van der Waals surface area contributed by atoms with Crippen molar-refractivity contribution in [2.24, 2.45) is 4.99 Å². The first-order valence-corrected chi connectivity index (χ1v) is 10.1. The maximum Gasteiger partial charge on any atom is 0.253 e. The lowest BCUT2D eigenvalue weighted by molar-refractivity contribution is -0.0849. The number of halogens is 1. The maximum absolute atomic E-state index is 12.7. The molecule has 1 fully saturated rings. The van der Waals surface area contributed by atoms with Gasteiger partial charge in [0.2, 0.25) is 0 Å². The van der Waals surface area contributed by atoms with Crippen molar-refractivity contribution in [3.8, 4) is 0 Å². The Balaban J connectivity index is 1.42. The minimum Gasteiger partial charge on any atom is -0.338 e. The molecule has 0 bridgehead atoms. The van der Waals surface area contributed by atoms with Gasteiger partial charge in [-0.1, -0.05) is 47.1 Å². The number of benzene rings is 2. The van der Waals surface area contributed by atoms with Gasteiger partial charge >= 0.3 is 0 Å². The number of nitrogens with one attached hydrogen (secondary N) is 1. The number of carbonyl (C=O) groups is 1. The molecule has 0 aromatic heterocycles. The van der Waals surface area contributed by atoms with Crippen molar-refractivity contribution in [1.82, 2.24) is 10.4 Å². The van der Waals surface area contributed by atoms with Gasteiger partial charge in [0, 0.05) is 41.5 Å². The first-order valence-electron chi connectivity index (χ1n) is 9.27. The van der Waals surface area contributed by atoms with Crippen molar-refractivity contribution < 1.29 is 9.63 Å². The lowest BCUT2D eigenvalue weighted by atomic mass is 10.00.